The summed E-state index contributed by atoms with van der Waals surface area (Å²) in [6.45, 7) is 2.04. The molecule has 1 unspecified atom stereocenters. The molecular weight excluding hydrogens is 292 g/mol. The van der Waals surface area contributed by atoms with E-state index in [0.29, 0.717) is 18.0 Å². The number of hydrogen-bond donors (Lipinski definition) is 2. The second-order valence-electron chi connectivity index (χ2n) is 4.34. The molecule has 0 saturated heterocycles. The predicted octanol–water partition coefficient (Wildman–Crippen LogP) is 0.927. The Morgan fingerprint density at radius 1 is 1.38 bits per heavy atom. The van der Waals surface area contributed by atoms with Crippen molar-refractivity contribution in [1.29, 1.82) is 0 Å². The van der Waals surface area contributed by atoms with Gasteiger partial charge in [0.25, 0.3) is 5.91 Å². The van der Waals surface area contributed by atoms with E-state index in [4.69, 9.17) is 15.2 Å². The zero-order valence-corrected chi connectivity index (χ0v) is 13.2. The summed E-state index contributed by atoms with van der Waals surface area (Å²) in [4.78, 5) is 22.4. The number of benzene rings is 1. The Balaban J connectivity index is 2.69. The standard InChI is InChI=1S/C14H20N2O4S/c1-9(21-3)14(18)16-7-10-4-5-11(12(6-10)19-2)20-8-13(15)17/h4-6,9H,7-8H2,1-3H3,(H2,15,17)(H,16,18). The van der Waals surface area contributed by atoms with Crippen molar-refractivity contribution in [3.05, 3.63) is 23.8 Å². The number of amides is 2. The third-order valence-electron chi connectivity index (χ3n) is 2.79. The van der Waals surface area contributed by atoms with Crippen molar-refractivity contribution in [3.63, 3.8) is 0 Å². The van der Waals surface area contributed by atoms with Crippen molar-refractivity contribution in [2.45, 2.75) is 18.7 Å². The molecule has 0 bridgehead atoms. The molecule has 1 rings (SSSR count). The van der Waals surface area contributed by atoms with E-state index in [0.717, 1.165) is 5.56 Å². The Morgan fingerprint density at radius 2 is 2.10 bits per heavy atom. The van der Waals surface area contributed by atoms with Crippen LogP contribution in [0.4, 0.5) is 0 Å². The fourth-order valence-electron chi connectivity index (χ4n) is 1.53. The van der Waals surface area contributed by atoms with Crippen molar-refractivity contribution in [2.75, 3.05) is 20.0 Å². The number of thioether (sulfide) groups is 1. The molecule has 21 heavy (non-hydrogen) atoms. The molecule has 0 aliphatic rings. The van der Waals surface area contributed by atoms with E-state index in [1.165, 1.54) is 18.9 Å². The summed E-state index contributed by atoms with van der Waals surface area (Å²) in [5.41, 5.74) is 5.90. The van der Waals surface area contributed by atoms with E-state index in [2.05, 4.69) is 5.32 Å². The second kappa shape index (κ2) is 8.41. The van der Waals surface area contributed by atoms with Crippen LogP contribution >= 0.6 is 11.8 Å². The van der Waals surface area contributed by atoms with Crippen LogP contribution in [0.3, 0.4) is 0 Å². The molecule has 0 heterocycles. The molecular formula is C14H20N2O4S. The van der Waals surface area contributed by atoms with Crippen LogP contribution in [0.15, 0.2) is 18.2 Å². The molecule has 7 heteroatoms. The first-order valence-corrected chi connectivity index (χ1v) is 7.65. The van der Waals surface area contributed by atoms with Crippen molar-refractivity contribution < 1.29 is 19.1 Å². The summed E-state index contributed by atoms with van der Waals surface area (Å²) in [5, 5.41) is 2.75. The van der Waals surface area contributed by atoms with Gasteiger partial charge in [-0.25, -0.2) is 0 Å². The largest absolute Gasteiger partial charge is 0.493 e. The molecule has 116 valence electrons. The number of methoxy groups -OCH3 is 1. The maximum Gasteiger partial charge on any atom is 0.255 e. The van der Waals surface area contributed by atoms with E-state index < -0.39 is 5.91 Å². The topological polar surface area (TPSA) is 90.7 Å². The highest BCUT2D eigenvalue weighted by Gasteiger charge is 2.11. The minimum absolute atomic E-state index is 0.0180. The minimum atomic E-state index is -0.556. The highest BCUT2D eigenvalue weighted by atomic mass is 32.2. The molecule has 0 spiro atoms. The quantitative estimate of drug-likeness (QED) is 0.745. The van der Waals surface area contributed by atoms with Crippen LogP contribution in [0.1, 0.15) is 12.5 Å². The first-order chi connectivity index (χ1) is 9.97. The van der Waals surface area contributed by atoms with Crippen LogP contribution in [0.5, 0.6) is 11.5 Å². The maximum atomic E-state index is 11.7. The summed E-state index contributed by atoms with van der Waals surface area (Å²) in [7, 11) is 1.50. The zero-order valence-electron chi connectivity index (χ0n) is 12.3. The minimum Gasteiger partial charge on any atom is -0.493 e. The molecule has 0 aliphatic heterocycles. The Bertz CT molecular complexity index is 508. The van der Waals surface area contributed by atoms with E-state index in [1.807, 2.05) is 13.2 Å². The van der Waals surface area contributed by atoms with Gasteiger partial charge in [0.1, 0.15) is 0 Å². The van der Waals surface area contributed by atoms with Gasteiger partial charge in [-0.2, -0.15) is 11.8 Å². The van der Waals surface area contributed by atoms with Crippen molar-refractivity contribution >= 4 is 23.6 Å². The summed E-state index contributed by atoms with van der Waals surface area (Å²) in [5.74, 6) is 0.347. The first-order valence-electron chi connectivity index (χ1n) is 6.36. The van der Waals surface area contributed by atoms with Gasteiger partial charge in [0.2, 0.25) is 5.91 Å². The Kier molecular flexibility index (Phi) is 6.87. The average molecular weight is 312 g/mol. The van der Waals surface area contributed by atoms with Crippen molar-refractivity contribution in [1.82, 2.24) is 5.32 Å². The Hall–Kier alpha value is -1.89. The van der Waals surface area contributed by atoms with Crippen LogP contribution < -0.4 is 20.5 Å². The van der Waals surface area contributed by atoms with Gasteiger partial charge >= 0.3 is 0 Å². The van der Waals surface area contributed by atoms with Gasteiger partial charge in [0.15, 0.2) is 18.1 Å². The molecule has 3 N–H and O–H groups in total. The molecule has 1 aromatic rings. The number of carbonyl (C=O) groups excluding carboxylic acids is 2. The third kappa shape index (κ3) is 5.55. The zero-order chi connectivity index (χ0) is 15.8. The van der Waals surface area contributed by atoms with Crippen LogP contribution in [-0.4, -0.2) is 37.0 Å². The normalized spacial score (nSPS) is 11.6. The van der Waals surface area contributed by atoms with Gasteiger partial charge in [-0.15, -0.1) is 0 Å². The summed E-state index contributed by atoms with van der Waals surface area (Å²) >= 11 is 1.49. The number of rotatable bonds is 8. The third-order valence-corrected chi connectivity index (χ3v) is 3.71. The summed E-state index contributed by atoms with van der Waals surface area (Å²) in [6.07, 6.45) is 1.89. The number of nitrogens with two attached hydrogens (primary N) is 1. The average Bonchev–Trinajstić information content (AvgIpc) is 2.49. The van der Waals surface area contributed by atoms with Gasteiger partial charge in [0, 0.05) is 6.54 Å². The lowest BCUT2D eigenvalue weighted by molar-refractivity contribution is -0.121. The Labute approximate surface area is 128 Å². The predicted molar refractivity (Wildman–Crippen MR) is 82.5 cm³/mol. The number of carbonyl (C=O) groups is 2. The summed E-state index contributed by atoms with van der Waals surface area (Å²) < 4.78 is 10.4. The molecule has 0 fully saturated rings. The molecule has 2 amide bonds. The monoisotopic (exact) mass is 312 g/mol. The van der Waals surface area contributed by atoms with E-state index >= 15 is 0 Å². The van der Waals surface area contributed by atoms with Crippen LogP contribution in [0.2, 0.25) is 0 Å². The fourth-order valence-corrected chi connectivity index (χ4v) is 1.83. The van der Waals surface area contributed by atoms with E-state index in [1.54, 1.807) is 18.2 Å². The molecule has 0 aromatic heterocycles. The highest BCUT2D eigenvalue weighted by molar-refractivity contribution is 7.99. The van der Waals surface area contributed by atoms with E-state index in [-0.39, 0.29) is 17.8 Å². The number of ether oxygens (including phenoxy) is 2. The lowest BCUT2D eigenvalue weighted by atomic mass is 10.2. The number of nitrogens with one attached hydrogen (secondary N) is 1. The molecule has 0 saturated carbocycles. The Morgan fingerprint density at radius 3 is 2.67 bits per heavy atom. The smallest absolute Gasteiger partial charge is 0.255 e. The van der Waals surface area contributed by atoms with Crippen LogP contribution in [0.25, 0.3) is 0 Å². The lowest BCUT2D eigenvalue weighted by Crippen LogP contribution is -2.30. The molecule has 0 aliphatic carbocycles. The van der Waals surface area contributed by atoms with Crippen molar-refractivity contribution in [3.8, 4) is 11.5 Å². The second-order valence-corrected chi connectivity index (χ2v) is 5.51. The van der Waals surface area contributed by atoms with Gasteiger partial charge < -0.3 is 20.5 Å². The first kappa shape index (κ1) is 17.2. The SMILES string of the molecule is COc1cc(CNC(=O)C(C)SC)ccc1OCC(N)=O. The van der Waals surface area contributed by atoms with Gasteiger partial charge in [-0.1, -0.05) is 6.07 Å². The molecule has 1 atom stereocenters. The van der Waals surface area contributed by atoms with Crippen LogP contribution in [0, 0.1) is 0 Å². The van der Waals surface area contributed by atoms with E-state index in [9.17, 15) is 9.59 Å². The maximum absolute atomic E-state index is 11.7. The van der Waals surface area contributed by atoms with Gasteiger partial charge in [-0.3, -0.25) is 9.59 Å². The number of hydrogen-bond acceptors (Lipinski definition) is 5. The van der Waals surface area contributed by atoms with Gasteiger partial charge in [0.05, 0.1) is 12.4 Å². The number of primary amides is 1. The molecule has 6 nitrogen and oxygen atoms in total. The van der Waals surface area contributed by atoms with Crippen molar-refractivity contribution in [2.24, 2.45) is 5.73 Å². The van der Waals surface area contributed by atoms with Gasteiger partial charge in [-0.05, 0) is 30.9 Å². The molecule has 0 radical (unpaired) electrons. The fraction of sp³-hybridized carbons (Fsp3) is 0.429. The van der Waals surface area contributed by atoms with Crippen LogP contribution in [-0.2, 0) is 16.1 Å². The highest BCUT2D eigenvalue weighted by Crippen LogP contribution is 2.28. The lowest BCUT2D eigenvalue weighted by Gasteiger charge is -2.13. The summed E-state index contributed by atoms with van der Waals surface area (Å²) in [6, 6.07) is 5.23. The molecule has 1 aromatic carbocycles.